The zero-order valence-corrected chi connectivity index (χ0v) is 15.7. The molecule has 3 aromatic rings. The van der Waals surface area contributed by atoms with Gasteiger partial charge in [0.25, 0.3) is 11.1 Å². The minimum atomic E-state index is -0.219. The summed E-state index contributed by atoms with van der Waals surface area (Å²) >= 11 is 1.13. The van der Waals surface area contributed by atoms with Gasteiger partial charge >= 0.3 is 0 Å². The Labute approximate surface area is 165 Å². The molecule has 0 saturated heterocycles. The molecule has 0 aliphatic rings. The lowest BCUT2D eigenvalue weighted by Gasteiger charge is -2.04. The van der Waals surface area contributed by atoms with Crippen molar-refractivity contribution >= 4 is 23.4 Å². The van der Waals surface area contributed by atoms with Gasteiger partial charge in [-0.05, 0) is 48.5 Å². The Morgan fingerprint density at radius 2 is 1.86 bits per heavy atom. The smallest absolute Gasteiger partial charge is 0.277 e. The van der Waals surface area contributed by atoms with Crippen LogP contribution in [0.4, 0.5) is 5.69 Å². The minimum Gasteiger partial charge on any atom is -0.497 e. The average molecular weight is 396 g/mol. The second-order valence-corrected chi connectivity index (χ2v) is 6.38. The summed E-state index contributed by atoms with van der Waals surface area (Å²) in [5.74, 6) is 1.59. The maximum Gasteiger partial charge on any atom is 0.277 e. The van der Waals surface area contributed by atoms with E-state index in [4.69, 9.17) is 19.2 Å². The van der Waals surface area contributed by atoms with Crippen molar-refractivity contribution < 1.29 is 18.7 Å². The van der Waals surface area contributed by atoms with Crippen molar-refractivity contribution in [2.75, 3.05) is 18.2 Å². The molecule has 0 atom stereocenters. The lowest BCUT2D eigenvalue weighted by molar-refractivity contribution is -0.113. The van der Waals surface area contributed by atoms with Crippen molar-refractivity contribution in [3.63, 3.8) is 0 Å². The van der Waals surface area contributed by atoms with Crippen molar-refractivity contribution in [1.29, 1.82) is 5.26 Å². The molecule has 0 bridgehead atoms. The molecule has 1 N–H and O–H groups in total. The number of methoxy groups -OCH3 is 1. The SMILES string of the molecule is COc1ccc(OCc2nnc(SCC(=O)Nc3ccc(C#N)cc3)o2)cc1. The van der Waals surface area contributed by atoms with Crippen molar-refractivity contribution in [2.45, 2.75) is 11.8 Å². The van der Waals surface area contributed by atoms with Crippen LogP contribution in [0, 0.1) is 11.3 Å². The van der Waals surface area contributed by atoms with Crippen LogP contribution in [0.2, 0.25) is 0 Å². The highest BCUT2D eigenvalue weighted by Crippen LogP contribution is 2.20. The van der Waals surface area contributed by atoms with Gasteiger partial charge in [-0.25, -0.2) is 0 Å². The van der Waals surface area contributed by atoms with Crippen molar-refractivity contribution in [3.8, 4) is 17.6 Å². The van der Waals surface area contributed by atoms with Gasteiger partial charge in [0.1, 0.15) is 11.5 Å². The van der Waals surface area contributed by atoms with E-state index in [1.165, 1.54) is 0 Å². The maximum atomic E-state index is 12.0. The van der Waals surface area contributed by atoms with Crippen molar-refractivity contribution in [2.24, 2.45) is 0 Å². The van der Waals surface area contributed by atoms with Crippen LogP contribution >= 0.6 is 11.8 Å². The number of hydrogen-bond donors (Lipinski definition) is 1. The summed E-state index contributed by atoms with van der Waals surface area (Å²) < 4.78 is 16.1. The normalized spacial score (nSPS) is 10.1. The summed E-state index contributed by atoms with van der Waals surface area (Å²) in [6.07, 6.45) is 0. The number of thioether (sulfide) groups is 1. The molecule has 3 rings (SSSR count). The zero-order chi connectivity index (χ0) is 19.8. The van der Waals surface area contributed by atoms with Gasteiger partial charge in [0, 0.05) is 5.69 Å². The molecule has 9 heteroatoms. The van der Waals surface area contributed by atoms with Gasteiger partial charge in [-0.2, -0.15) is 5.26 Å². The van der Waals surface area contributed by atoms with Crippen LogP contribution in [0.15, 0.2) is 58.2 Å². The topological polar surface area (TPSA) is 110 Å². The molecule has 0 aliphatic carbocycles. The van der Waals surface area contributed by atoms with Gasteiger partial charge in [-0.3, -0.25) is 4.79 Å². The molecule has 1 amide bonds. The van der Waals surface area contributed by atoms with Crippen LogP contribution in [0.25, 0.3) is 0 Å². The van der Waals surface area contributed by atoms with Crippen LogP contribution in [0.3, 0.4) is 0 Å². The number of ether oxygens (including phenoxy) is 2. The highest BCUT2D eigenvalue weighted by Gasteiger charge is 2.11. The highest BCUT2D eigenvalue weighted by atomic mass is 32.2. The van der Waals surface area contributed by atoms with Crippen LogP contribution in [0.1, 0.15) is 11.5 Å². The van der Waals surface area contributed by atoms with E-state index < -0.39 is 0 Å². The number of rotatable bonds is 8. The van der Waals surface area contributed by atoms with Crippen LogP contribution in [-0.4, -0.2) is 29.0 Å². The predicted molar refractivity (Wildman–Crippen MR) is 102 cm³/mol. The first kappa shape index (κ1) is 19.3. The third-order valence-electron chi connectivity index (χ3n) is 3.49. The molecular weight excluding hydrogens is 380 g/mol. The second-order valence-electron chi connectivity index (χ2n) is 5.45. The fraction of sp³-hybridized carbons (Fsp3) is 0.158. The number of amides is 1. The average Bonchev–Trinajstić information content (AvgIpc) is 3.19. The second kappa shape index (κ2) is 9.43. The Hall–Kier alpha value is -3.51. The number of hydrogen-bond acceptors (Lipinski definition) is 8. The lowest BCUT2D eigenvalue weighted by Crippen LogP contribution is -2.13. The van der Waals surface area contributed by atoms with Gasteiger partial charge in [-0.1, -0.05) is 11.8 Å². The summed E-state index contributed by atoms with van der Waals surface area (Å²) in [6.45, 7) is 0.122. The first-order valence-corrected chi connectivity index (χ1v) is 9.17. The number of carbonyl (C=O) groups excluding carboxylic acids is 1. The molecule has 2 aromatic carbocycles. The van der Waals surface area contributed by atoms with Crippen LogP contribution < -0.4 is 14.8 Å². The summed E-state index contributed by atoms with van der Waals surface area (Å²) in [5.41, 5.74) is 1.14. The predicted octanol–water partition coefficient (Wildman–Crippen LogP) is 3.26. The number of nitrogens with zero attached hydrogens (tertiary/aromatic N) is 3. The third kappa shape index (κ3) is 5.49. The highest BCUT2D eigenvalue weighted by molar-refractivity contribution is 7.99. The molecule has 0 unspecified atom stereocenters. The Balaban J connectivity index is 1.44. The summed E-state index contributed by atoms with van der Waals surface area (Å²) in [7, 11) is 1.60. The third-order valence-corrected chi connectivity index (χ3v) is 4.31. The number of nitrogens with one attached hydrogen (secondary N) is 1. The van der Waals surface area contributed by atoms with Gasteiger partial charge in [-0.15, -0.1) is 10.2 Å². The summed E-state index contributed by atoms with van der Waals surface area (Å²) in [6, 6.07) is 15.8. The standard InChI is InChI=1S/C19H16N4O4S/c1-25-15-6-8-16(9-7-15)26-11-18-22-23-19(27-18)28-12-17(24)21-14-4-2-13(10-20)3-5-14/h2-9H,11-12H2,1H3,(H,21,24). The molecule has 0 spiro atoms. The molecule has 28 heavy (non-hydrogen) atoms. The Morgan fingerprint density at radius 1 is 1.14 bits per heavy atom. The van der Waals surface area contributed by atoms with Crippen molar-refractivity contribution in [1.82, 2.24) is 10.2 Å². The van der Waals surface area contributed by atoms with E-state index in [1.807, 2.05) is 6.07 Å². The Morgan fingerprint density at radius 3 is 2.54 bits per heavy atom. The number of aromatic nitrogens is 2. The van der Waals surface area contributed by atoms with Crippen LogP contribution in [0.5, 0.6) is 11.5 Å². The largest absolute Gasteiger partial charge is 0.497 e. The number of carbonyl (C=O) groups is 1. The van der Waals surface area contributed by atoms with Gasteiger partial charge in [0.2, 0.25) is 5.91 Å². The van der Waals surface area contributed by atoms with E-state index >= 15 is 0 Å². The molecule has 1 heterocycles. The van der Waals surface area contributed by atoms with Gasteiger partial charge in [0.15, 0.2) is 6.61 Å². The molecule has 0 fully saturated rings. The molecule has 8 nitrogen and oxygen atoms in total. The first-order chi connectivity index (χ1) is 13.7. The summed E-state index contributed by atoms with van der Waals surface area (Å²) in [4.78, 5) is 12.0. The molecule has 1 aromatic heterocycles. The zero-order valence-electron chi connectivity index (χ0n) is 14.9. The number of anilines is 1. The van der Waals surface area contributed by atoms with E-state index in [2.05, 4.69) is 15.5 Å². The quantitative estimate of drug-likeness (QED) is 0.578. The van der Waals surface area contributed by atoms with E-state index in [0.717, 1.165) is 17.5 Å². The van der Waals surface area contributed by atoms with E-state index in [0.29, 0.717) is 22.9 Å². The molecule has 0 radical (unpaired) electrons. The maximum absolute atomic E-state index is 12.0. The van der Waals surface area contributed by atoms with Crippen LogP contribution in [-0.2, 0) is 11.4 Å². The Bertz CT molecular complexity index is 965. The number of benzene rings is 2. The fourth-order valence-electron chi connectivity index (χ4n) is 2.12. The van der Waals surface area contributed by atoms with E-state index in [-0.39, 0.29) is 23.5 Å². The monoisotopic (exact) mass is 396 g/mol. The lowest BCUT2D eigenvalue weighted by atomic mass is 10.2. The Kier molecular flexibility index (Phi) is 6.49. The molecule has 0 saturated carbocycles. The molecule has 0 aliphatic heterocycles. The number of nitriles is 1. The van der Waals surface area contributed by atoms with E-state index in [1.54, 1.807) is 55.6 Å². The molecular formula is C19H16N4O4S. The molecule has 142 valence electrons. The summed E-state index contributed by atoms with van der Waals surface area (Å²) in [5, 5.41) is 19.6. The minimum absolute atomic E-state index is 0.112. The van der Waals surface area contributed by atoms with Gasteiger partial charge in [0.05, 0.1) is 24.5 Å². The first-order valence-electron chi connectivity index (χ1n) is 8.18. The fourth-order valence-corrected chi connectivity index (χ4v) is 2.70. The van der Waals surface area contributed by atoms with E-state index in [9.17, 15) is 4.79 Å². The van der Waals surface area contributed by atoms with Crippen molar-refractivity contribution in [3.05, 3.63) is 60.0 Å². The van der Waals surface area contributed by atoms with Gasteiger partial charge < -0.3 is 19.2 Å².